The Morgan fingerprint density at radius 3 is 2.75 bits per heavy atom. The van der Waals surface area contributed by atoms with Gasteiger partial charge in [-0.2, -0.15) is 0 Å². The summed E-state index contributed by atoms with van der Waals surface area (Å²) in [7, 11) is 1.67. The first kappa shape index (κ1) is 17.4. The van der Waals surface area contributed by atoms with Crippen molar-refractivity contribution in [2.24, 2.45) is 5.92 Å². The highest BCUT2D eigenvalue weighted by atomic mass is 16.5. The van der Waals surface area contributed by atoms with Crippen molar-refractivity contribution in [3.05, 3.63) is 35.9 Å². The Labute approximate surface area is 144 Å². The second-order valence-electron chi connectivity index (χ2n) is 7.37. The van der Waals surface area contributed by atoms with Crippen LogP contribution in [0.5, 0.6) is 0 Å². The molecule has 2 saturated heterocycles. The van der Waals surface area contributed by atoms with Crippen molar-refractivity contribution < 1.29 is 14.6 Å². The number of hydrogen-bond donors (Lipinski definition) is 1. The van der Waals surface area contributed by atoms with Gasteiger partial charge in [0, 0.05) is 33.2 Å². The number of benzene rings is 1. The van der Waals surface area contributed by atoms with Crippen LogP contribution in [0.25, 0.3) is 0 Å². The normalized spacial score (nSPS) is 30.9. The summed E-state index contributed by atoms with van der Waals surface area (Å²) in [6.07, 6.45) is 1.61. The Morgan fingerprint density at radius 1 is 1.33 bits per heavy atom. The van der Waals surface area contributed by atoms with Gasteiger partial charge in [-0.1, -0.05) is 30.3 Å². The molecule has 3 rings (SSSR count). The summed E-state index contributed by atoms with van der Waals surface area (Å²) < 4.78 is 5.44. The number of aliphatic hydroxyl groups excluding tert-OH is 1. The maximum Gasteiger partial charge on any atom is 0.227 e. The fraction of sp³-hybridized carbons (Fsp3) is 0.632. The fourth-order valence-electron chi connectivity index (χ4n) is 3.99. The topological polar surface area (TPSA) is 53.0 Å². The van der Waals surface area contributed by atoms with Gasteiger partial charge in [-0.05, 0) is 25.5 Å². The van der Waals surface area contributed by atoms with Crippen LogP contribution in [0.4, 0.5) is 0 Å². The summed E-state index contributed by atoms with van der Waals surface area (Å²) >= 11 is 0. The highest BCUT2D eigenvalue weighted by Crippen LogP contribution is 2.33. The minimum atomic E-state index is -0.495. The van der Waals surface area contributed by atoms with E-state index in [1.54, 1.807) is 7.11 Å². The van der Waals surface area contributed by atoms with Crippen LogP contribution >= 0.6 is 0 Å². The van der Waals surface area contributed by atoms with Gasteiger partial charge in [-0.3, -0.25) is 9.69 Å². The van der Waals surface area contributed by atoms with E-state index in [0.717, 1.165) is 26.1 Å². The van der Waals surface area contributed by atoms with Crippen LogP contribution in [0.2, 0.25) is 0 Å². The first-order chi connectivity index (χ1) is 11.6. The Bertz CT molecular complexity index is 565. The number of hydrogen-bond acceptors (Lipinski definition) is 4. The lowest BCUT2D eigenvalue weighted by Gasteiger charge is -2.35. The summed E-state index contributed by atoms with van der Waals surface area (Å²) in [5.74, 6) is 0.192. The molecule has 2 heterocycles. The van der Waals surface area contributed by atoms with Crippen LogP contribution in [0, 0.1) is 5.92 Å². The number of ether oxygens (including phenoxy) is 1. The van der Waals surface area contributed by atoms with Gasteiger partial charge in [0.15, 0.2) is 0 Å². The molecule has 5 nitrogen and oxygen atoms in total. The van der Waals surface area contributed by atoms with Gasteiger partial charge in [0.05, 0.1) is 24.2 Å². The van der Waals surface area contributed by atoms with Crippen LogP contribution < -0.4 is 0 Å². The van der Waals surface area contributed by atoms with Crippen LogP contribution in [0.15, 0.2) is 30.3 Å². The second kappa shape index (κ2) is 7.21. The summed E-state index contributed by atoms with van der Waals surface area (Å²) in [6.45, 7) is 5.16. The Balaban J connectivity index is 1.62. The van der Waals surface area contributed by atoms with E-state index in [4.69, 9.17) is 4.74 Å². The highest BCUT2D eigenvalue weighted by Gasteiger charge is 2.46. The molecular formula is C19H28N2O3. The molecule has 5 heteroatoms. The number of likely N-dealkylation sites (tertiary alicyclic amines) is 2. The minimum Gasteiger partial charge on any atom is -0.394 e. The molecule has 2 aliphatic heterocycles. The van der Waals surface area contributed by atoms with E-state index in [1.807, 2.05) is 17.9 Å². The summed E-state index contributed by atoms with van der Waals surface area (Å²) in [6, 6.07) is 10.4. The van der Waals surface area contributed by atoms with E-state index >= 15 is 0 Å². The maximum absolute atomic E-state index is 13.0. The van der Waals surface area contributed by atoms with Gasteiger partial charge >= 0.3 is 0 Å². The maximum atomic E-state index is 13.0. The minimum absolute atomic E-state index is 0.0148. The number of amides is 1. The van der Waals surface area contributed by atoms with Gasteiger partial charge in [0.2, 0.25) is 5.91 Å². The molecule has 1 aromatic rings. The fourth-order valence-corrected chi connectivity index (χ4v) is 3.99. The van der Waals surface area contributed by atoms with Crippen molar-refractivity contribution in [1.82, 2.24) is 9.80 Å². The van der Waals surface area contributed by atoms with E-state index in [2.05, 4.69) is 29.2 Å². The molecule has 0 radical (unpaired) electrons. The average molecular weight is 332 g/mol. The summed E-state index contributed by atoms with van der Waals surface area (Å²) in [5.41, 5.74) is 0.788. The molecule has 3 atom stereocenters. The molecule has 1 N–H and O–H groups in total. The SMILES string of the molecule is COC1CN(C(=O)C2CCN(Cc3ccccc3)C2)C(C)(CO)C1. The van der Waals surface area contributed by atoms with Crippen molar-refractivity contribution in [3.63, 3.8) is 0 Å². The standard InChI is InChI=1S/C19H28N2O3/c1-19(14-22)10-17(24-2)13-21(19)18(23)16-8-9-20(12-16)11-15-6-4-3-5-7-15/h3-7,16-17,22H,8-14H2,1-2H3. The molecule has 0 saturated carbocycles. The predicted octanol–water partition coefficient (Wildman–Crippen LogP) is 1.51. The van der Waals surface area contributed by atoms with Crippen molar-refractivity contribution in [2.75, 3.05) is 33.4 Å². The zero-order valence-electron chi connectivity index (χ0n) is 14.6. The average Bonchev–Trinajstić information content (AvgIpc) is 3.20. The van der Waals surface area contributed by atoms with Crippen molar-refractivity contribution >= 4 is 5.91 Å². The second-order valence-corrected chi connectivity index (χ2v) is 7.37. The van der Waals surface area contributed by atoms with Crippen molar-refractivity contribution in [1.29, 1.82) is 0 Å². The van der Waals surface area contributed by atoms with Crippen LogP contribution in [-0.4, -0.2) is 65.8 Å². The van der Waals surface area contributed by atoms with E-state index in [0.29, 0.717) is 13.0 Å². The number of carbonyl (C=O) groups excluding carboxylic acids is 1. The Kier molecular flexibility index (Phi) is 5.23. The third kappa shape index (κ3) is 3.48. The first-order valence-electron chi connectivity index (χ1n) is 8.77. The summed E-state index contributed by atoms with van der Waals surface area (Å²) in [4.78, 5) is 17.2. The van der Waals surface area contributed by atoms with Crippen LogP contribution in [0.3, 0.4) is 0 Å². The molecule has 132 valence electrons. The molecule has 0 bridgehead atoms. The zero-order chi connectivity index (χ0) is 17.2. The molecule has 24 heavy (non-hydrogen) atoms. The lowest BCUT2D eigenvalue weighted by atomic mass is 9.97. The molecule has 1 aromatic carbocycles. The van der Waals surface area contributed by atoms with Gasteiger partial charge in [-0.15, -0.1) is 0 Å². The van der Waals surface area contributed by atoms with Gasteiger partial charge in [0.25, 0.3) is 0 Å². The number of rotatable bonds is 5. The van der Waals surface area contributed by atoms with E-state index in [1.165, 1.54) is 5.56 Å². The number of nitrogens with zero attached hydrogens (tertiary/aromatic N) is 2. The van der Waals surface area contributed by atoms with Gasteiger partial charge < -0.3 is 14.7 Å². The van der Waals surface area contributed by atoms with Crippen molar-refractivity contribution in [3.8, 4) is 0 Å². The number of aliphatic hydroxyl groups is 1. The predicted molar refractivity (Wildman–Crippen MR) is 92.4 cm³/mol. The quantitative estimate of drug-likeness (QED) is 0.888. The summed E-state index contributed by atoms with van der Waals surface area (Å²) in [5, 5.41) is 9.79. The van der Waals surface area contributed by atoms with Crippen LogP contribution in [0.1, 0.15) is 25.3 Å². The largest absolute Gasteiger partial charge is 0.394 e. The molecule has 0 aliphatic carbocycles. The third-order valence-electron chi connectivity index (χ3n) is 5.52. The smallest absolute Gasteiger partial charge is 0.227 e. The molecule has 0 spiro atoms. The van der Waals surface area contributed by atoms with E-state index in [9.17, 15) is 9.90 Å². The number of methoxy groups -OCH3 is 1. The molecule has 3 unspecified atom stereocenters. The van der Waals surface area contributed by atoms with Gasteiger partial charge in [-0.25, -0.2) is 0 Å². The Hall–Kier alpha value is -1.43. The van der Waals surface area contributed by atoms with Crippen LogP contribution in [-0.2, 0) is 16.1 Å². The first-order valence-corrected chi connectivity index (χ1v) is 8.77. The monoisotopic (exact) mass is 332 g/mol. The molecule has 2 fully saturated rings. The Morgan fingerprint density at radius 2 is 2.08 bits per heavy atom. The van der Waals surface area contributed by atoms with Gasteiger partial charge in [0.1, 0.15) is 0 Å². The van der Waals surface area contributed by atoms with E-state index in [-0.39, 0.29) is 24.5 Å². The van der Waals surface area contributed by atoms with E-state index < -0.39 is 5.54 Å². The molecular weight excluding hydrogens is 304 g/mol. The van der Waals surface area contributed by atoms with Crippen molar-refractivity contribution in [2.45, 2.75) is 38.0 Å². The number of carbonyl (C=O) groups is 1. The molecule has 0 aromatic heterocycles. The lowest BCUT2D eigenvalue weighted by molar-refractivity contribution is -0.140. The highest BCUT2D eigenvalue weighted by molar-refractivity contribution is 5.80. The third-order valence-corrected chi connectivity index (χ3v) is 5.52. The molecule has 2 aliphatic rings. The zero-order valence-corrected chi connectivity index (χ0v) is 14.6. The lowest BCUT2D eigenvalue weighted by Crippen LogP contribution is -2.50. The molecule has 1 amide bonds.